The fraction of sp³-hybridized carbons (Fsp3) is 0.545. The number of anilines is 1. The fourth-order valence-corrected chi connectivity index (χ4v) is 3.98. The number of aromatic amines is 1. The maximum atomic E-state index is 12.4. The van der Waals surface area contributed by atoms with Crippen LogP contribution in [0, 0.1) is 5.82 Å². The van der Waals surface area contributed by atoms with Crippen molar-refractivity contribution in [1.29, 1.82) is 0 Å². The lowest BCUT2D eigenvalue weighted by atomic mass is 10.1. The Bertz CT molecular complexity index is 832. The van der Waals surface area contributed by atoms with E-state index < -0.39 is 0 Å². The second-order valence-corrected chi connectivity index (χ2v) is 8.56. The van der Waals surface area contributed by atoms with Gasteiger partial charge in [0.15, 0.2) is 5.82 Å². The summed E-state index contributed by atoms with van der Waals surface area (Å²) in [7, 11) is 1.94. The van der Waals surface area contributed by atoms with Gasteiger partial charge >= 0.3 is 0 Å². The van der Waals surface area contributed by atoms with E-state index in [1.54, 1.807) is 18.1 Å². The molecule has 0 atom stereocenters. The lowest BCUT2D eigenvalue weighted by molar-refractivity contribution is 0.428. The molecule has 164 valence electrons. The summed E-state index contributed by atoms with van der Waals surface area (Å²) in [4.78, 5) is 21.4. The summed E-state index contributed by atoms with van der Waals surface area (Å²) in [6.07, 6.45) is 8.30. The van der Waals surface area contributed by atoms with E-state index in [4.69, 9.17) is 0 Å². The number of piperazine rings is 1. The van der Waals surface area contributed by atoms with Crippen molar-refractivity contribution in [2.45, 2.75) is 31.6 Å². The normalized spacial score (nSPS) is 16.8. The SMILES string of the molecule is CNCCCc1c[nH]c(=O)c(N2CCN(SC)CC2)n1.Fc1ccc(C2CC2)cc1. The lowest BCUT2D eigenvalue weighted by Crippen LogP contribution is -2.45. The maximum absolute atomic E-state index is 12.4. The van der Waals surface area contributed by atoms with Crippen molar-refractivity contribution >= 4 is 17.8 Å². The highest BCUT2D eigenvalue weighted by molar-refractivity contribution is 7.96. The highest BCUT2D eigenvalue weighted by atomic mass is 32.2. The average Bonchev–Trinajstić information content (AvgIpc) is 3.62. The largest absolute Gasteiger partial charge is 0.349 e. The summed E-state index contributed by atoms with van der Waals surface area (Å²) in [5.41, 5.74) is 2.17. The van der Waals surface area contributed by atoms with Gasteiger partial charge in [-0.15, -0.1) is 0 Å². The van der Waals surface area contributed by atoms with Crippen molar-refractivity contribution in [2.24, 2.45) is 0 Å². The summed E-state index contributed by atoms with van der Waals surface area (Å²) in [6.45, 7) is 4.61. The molecule has 2 aromatic rings. The Balaban J connectivity index is 0.000000212. The van der Waals surface area contributed by atoms with E-state index in [-0.39, 0.29) is 11.4 Å². The van der Waals surface area contributed by atoms with Gasteiger partial charge in [0.2, 0.25) is 0 Å². The Hall–Kier alpha value is -1.90. The maximum Gasteiger partial charge on any atom is 0.290 e. The Morgan fingerprint density at radius 2 is 1.90 bits per heavy atom. The molecule has 4 rings (SSSR count). The molecule has 2 N–H and O–H groups in total. The van der Waals surface area contributed by atoms with Gasteiger partial charge in [-0.25, -0.2) is 13.7 Å². The van der Waals surface area contributed by atoms with Gasteiger partial charge in [-0.2, -0.15) is 0 Å². The van der Waals surface area contributed by atoms with Crippen LogP contribution >= 0.6 is 11.9 Å². The molecule has 30 heavy (non-hydrogen) atoms. The topological polar surface area (TPSA) is 64.3 Å². The number of hydrogen-bond acceptors (Lipinski definition) is 6. The molecule has 1 aliphatic heterocycles. The molecule has 2 aliphatic rings. The van der Waals surface area contributed by atoms with Gasteiger partial charge in [0.1, 0.15) is 5.82 Å². The Morgan fingerprint density at radius 3 is 2.50 bits per heavy atom. The van der Waals surface area contributed by atoms with Crippen molar-refractivity contribution in [3.8, 4) is 0 Å². The van der Waals surface area contributed by atoms with Crippen molar-refractivity contribution in [3.63, 3.8) is 0 Å². The van der Waals surface area contributed by atoms with Crippen LogP contribution in [0.1, 0.15) is 36.4 Å². The average molecular weight is 434 g/mol. The molecule has 1 saturated heterocycles. The van der Waals surface area contributed by atoms with Gasteiger partial charge in [0, 0.05) is 32.4 Å². The first kappa shape index (κ1) is 22.8. The van der Waals surface area contributed by atoms with Crippen LogP contribution in [0.3, 0.4) is 0 Å². The monoisotopic (exact) mass is 433 g/mol. The zero-order valence-electron chi connectivity index (χ0n) is 17.9. The molecule has 8 heteroatoms. The molecule has 0 unspecified atom stereocenters. The first-order chi connectivity index (χ1) is 14.6. The summed E-state index contributed by atoms with van der Waals surface area (Å²) in [5.74, 6) is 1.18. The first-order valence-electron chi connectivity index (χ1n) is 10.6. The molecular formula is C22H32FN5OS. The molecule has 6 nitrogen and oxygen atoms in total. The van der Waals surface area contributed by atoms with Gasteiger partial charge in [-0.05, 0) is 69.1 Å². The molecule has 1 aromatic carbocycles. The highest BCUT2D eigenvalue weighted by Crippen LogP contribution is 2.39. The van der Waals surface area contributed by atoms with Crippen LogP contribution in [0.15, 0.2) is 35.3 Å². The molecule has 0 bridgehead atoms. The second kappa shape index (κ2) is 11.5. The van der Waals surface area contributed by atoms with Crippen LogP contribution in [-0.2, 0) is 6.42 Å². The van der Waals surface area contributed by atoms with E-state index in [1.165, 1.54) is 30.5 Å². The van der Waals surface area contributed by atoms with Gasteiger partial charge in [-0.1, -0.05) is 24.1 Å². The van der Waals surface area contributed by atoms with Gasteiger partial charge in [-0.3, -0.25) is 4.79 Å². The molecule has 1 saturated carbocycles. The zero-order chi connectivity index (χ0) is 21.3. The highest BCUT2D eigenvalue weighted by Gasteiger charge is 2.23. The van der Waals surface area contributed by atoms with Crippen molar-refractivity contribution in [1.82, 2.24) is 19.6 Å². The van der Waals surface area contributed by atoms with Crippen LogP contribution < -0.4 is 15.8 Å². The van der Waals surface area contributed by atoms with Crippen LogP contribution in [0.5, 0.6) is 0 Å². The molecule has 1 aromatic heterocycles. The Kier molecular flexibility index (Phi) is 8.72. The van der Waals surface area contributed by atoms with E-state index in [9.17, 15) is 9.18 Å². The number of nitrogens with one attached hydrogen (secondary N) is 2. The second-order valence-electron chi connectivity index (χ2n) is 7.68. The summed E-state index contributed by atoms with van der Waals surface area (Å²) in [5, 5.41) is 3.12. The quantitative estimate of drug-likeness (QED) is 0.517. The van der Waals surface area contributed by atoms with E-state index in [2.05, 4.69) is 30.7 Å². The zero-order valence-corrected chi connectivity index (χ0v) is 18.7. The summed E-state index contributed by atoms with van der Waals surface area (Å²) >= 11 is 1.76. The molecule has 0 amide bonds. The molecule has 0 radical (unpaired) electrons. The smallest absolute Gasteiger partial charge is 0.290 e. The molecular weight excluding hydrogens is 401 g/mol. The summed E-state index contributed by atoms with van der Waals surface area (Å²) in [6, 6.07) is 6.83. The Morgan fingerprint density at radius 1 is 1.20 bits per heavy atom. The number of aryl methyl sites for hydroxylation is 1. The minimum Gasteiger partial charge on any atom is -0.349 e. The number of halogens is 1. The van der Waals surface area contributed by atoms with Crippen molar-refractivity contribution < 1.29 is 4.39 Å². The van der Waals surface area contributed by atoms with Crippen molar-refractivity contribution in [2.75, 3.05) is 50.9 Å². The predicted octanol–water partition coefficient (Wildman–Crippen LogP) is 3.03. The predicted molar refractivity (Wildman–Crippen MR) is 123 cm³/mol. The van der Waals surface area contributed by atoms with E-state index in [1.807, 2.05) is 19.2 Å². The molecule has 2 fully saturated rings. The van der Waals surface area contributed by atoms with Crippen molar-refractivity contribution in [3.05, 3.63) is 57.9 Å². The fourth-order valence-electron chi connectivity index (χ4n) is 3.46. The Labute approximate surface area is 182 Å². The van der Waals surface area contributed by atoms with Crippen LogP contribution in [0.4, 0.5) is 10.2 Å². The number of hydrogen-bond donors (Lipinski definition) is 2. The third-order valence-corrected chi connectivity index (χ3v) is 6.28. The van der Waals surface area contributed by atoms with E-state index >= 15 is 0 Å². The first-order valence-corrected chi connectivity index (χ1v) is 11.8. The minimum atomic E-state index is -0.135. The van der Waals surface area contributed by atoms with Gasteiger partial charge in [0.25, 0.3) is 5.56 Å². The number of nitrogens with zero attached hydrogens (tertiary/aromatic N) is 3. The number of rotatable bonds is 7. The third kappa shape index (κ3) is 6.82. The number of benzene rings is 1. The van der Waals surface area contributed by atoms with Crippen LogP contribution in [-0.4, -0.2) is 60.3 Å². The minimum absolute atomic E-state index is 0.0834. The molecule has 0 spiro atoms. The summed E-state index contributed by atoms with van der Waals surface area (Å²) < 4.78 is 14.7. The third-order valence-electron chi connectivity index (χ3n) is 5.40. The van der Waals surface area contributed by atoms with E-state index in [0.717, 1.165) is 57.2 Å². The molecule has 1 aliphatic carbocycles. The van der Waals surface area contributed by atoms with Gasteiger partial charge < -0.3 is 15.2 Å². The standard InChI is InChI=1S/C13H23N5OS.C9H9F/c1-14-5-3-4-11-10-15-13(19)12(16-11)17-6-8-18(20-2)9-7-17;10-9-5-3-8(4-6-9)7-1-2-7/h10,14H,3-9H2,1-2H3,(H,15,19);3-7H,1-2H2. The van der Waals surface area contributed by atoms with E-state index in [0.29, 0.717) is 5.82 Å². The number of H-pyrrole nitrogens is 1. The van der Waals surface area contributed by atoms with Gasteiger partial charge in [0.05, 0.1) is 5.69 Å². The molecule has 2 heterocycles. The van der Waals surface area contributed by atoms with Crippen LogP contribution in [0.25, 0.3) is 0 Å². The van der Waals surface area contributed by atoms with Crippen LogP contribution in [0.2, 0.25) is 0 Å². The number of aromatic nitrogens is 2. The lowest BCUT2D eigenvalue weighted by Gasteiger charge is -2.33.